The quantitative estimate of drug-likeness (QED) is 0.845. The SMILES string of the molecule is CCC(CCBr)NC(=O)c1ncccc1C. The molecule has 0 spiro atoms. The van der Waals surface area contributed by atoms with Gasteiger partial charge in [-0.3, -0.25) is 9.78 Å². The lowest BCUT2D eigenvalue weighted by Crippen LogP contribution is -2.35. The smallest absolute Gasteiger partial charge is 0.270 e. The van der Waals surface area contributed by atoms with Crippen molar-refractivity contribution in [3.05, 3.63) is 29.6 Å². The van der Waals surface area contributed by atoms with E-state index in [2.05, 4.69) is 33.2 Å². The van der Waals surface area contributed by atoms with Gasteiger partial charge in [-0.1, -0.05) is 28.9 Å². The van der Waals surface area contributed by atoms with Gasteiger partial charge in [-0.05, 0) is 31.4 Å². The molecule has 0 fully saturated rings. The molecule has 0 radical (unpaired) electrons. The number of amides is 1. The molecule has 1 aromatic heterocycles. The second kappa shape index (κ2) is 6.63. The topological polar surface area (TPSA) is 42.0 Å². The van der Waals surface area contributed by atoms with Crippen LogP contribution in [0.5, 0.6) is 0 Å². The standard InChI is InChI=1S/C12H17BrN2O/c1-3-10(6-7-13)15-12(16)11-9(2)5-4-8-14-11/h4-5,8,10H,3,6-7H2,1-2H3,(H,15,16). The Balaban J connectivity index is 2.68. The molecular formula is C12H17BrN2O. The maximum Gasteiger partial charge on any atom is 0.270 e. The number of aryl methyl sites for hydroxylation is 1. The van der Waals surface area contributed by atoms with Crippen LogP contribution < -0.4 is 5.32 Å². The number of carbonyl (C=O) groups excluding carboxylic acids is 1. The highest BCUT2D eigenvalue weighted by Crippen LogP contribution is 2.06. The summed E-state index contributed by atoms with van der Waals surface area (Å²) in [6, 6.07) is 3.95. The molecule has 1 N–H and O–H groups in total. The van der Waals surface area contributed by atoms with Crippen molar-refractivity contribution in [3.8, 4) is 0 Å². The summed E-state index contributed by atoms with van der Waals surface area (Å²) in [7, 11) is 0. The van der Waals surface area contributed by atoms with Gasteiger partial charge >= 0.3 is 0 Å². The van der Waals surface area contributed by atoms with Crippen molar-refractivity contribution in [1.29, 1.82) is 0 Å². The number of pyridine rings is 1. The van der Waals surface area contributed by atoms with Crippen LogP contribution in [0.15, 0.2) is 18.3 Å². The molecule has 0 bridgehead atoms. The van der Waals surface area contributed by atoms with Crippen molar-refractivity contribution in [3.63, 3.8) is 0 Å². The number of nitrogens with zero attached hydrogens (tertiary/aromatic N) is 1. The van der Waals surface area contributed by atoms with E-state index < -0.39 is 0 Å². The number of rotatable bonds is 5. The second-order valence-corrected chi connectivity index (χ2v) is 4.52. The minimum absolute atomic E-state index is 0.0779. The van der Waals surface area contributed by atoms with E-state index in [9.17, 15) is 4.79 Å². The number of aromatic nitrogens is 1. The molecule has 88 valence electrons. The van der Waals surface area contributed by atoms with Crippen molar-refractivity contribution >= 4 is 21.8 Å². The van der Waals surface area contributed by atoms with Gasteiger partial charge in [0.15, 0.2) is 0 Å². The molecular weight excluding hydrogens is 268 g/mol. The Kier molecular flexibility index (Phi) is 5.46. The van der Waals surface area contributed by atoms with Crippen molar-refractivity contribution in [2.24, 2.45) is 0 Å². The second-order valence-electron chi connectivity index (χ2n) is 3.73. The van der Waals surface area contributed by atoms with Crippen LogP contribution in [0.4, 0.5) is 0 Å². The zero-order valence-corrected chi connectivity index (χ0v) is 11.3. The lowest BCUT2D eigenvalue weighted by atomic mass is 10.1. The number of halogens is 1. The van der Waals surface area contributed by atoms with Crippen LogP contribution in [-0.2, 0) is 0 Å². The van der Waals surface area contributed by atoms with E-state index in [4.69, 9.17) is 0 Å². The fourth-order valence-corrected chi connectivity index (χ4v) is 2.04. The van der Waals surface area contributed by atoms with E-state index in [1.807, 2.05) is 19.1 Å². The first-order valence-corrected chi connectivity index (χ1v) is 6.59. The van der Waals surface area contributed by atoms with Crippen LogP contribution in [0, 0.1) is 6.92 Å². The minimum atomic E-state index is -0.0779. The Morgan fingerprint density at radius 2 is 2.38 bits per heavy atom. The van der Waals surface area contributed by atoms with Crippen LogP contribution in [0.3, 0.4) is 0 Å². The third kappa shape index (κ3) is 3.59. The molecule has 0 aromatic carbocycles. The molecule has 16 heavy (non-hydrogen) atoms. The molecule has 1 heterocycles. The zero-order valence-electron chi connectivity index (χ0n) is 9.66. The van der Waals surface area contributed by atoms with Crippen molar-refractivity contribution < 1.29 is 4.79 Å². The highest BCUT2D eigenvalue weighted by atomic mass is 79.9. The molecule has 1 amide bonds. The lowest BCUT2D eigenvalue weighted by Gasteiger charge is -2.15. The Labute approximate surface area is 105 Å². The van der Waals surface area contributed by atoms with Crippen LogP contribution in [0.25, 0.3) is 0 Å². The summed E-state index contributed by atoms with van der Waals surface area (Å²) in [6.07, 6.45) is 3.52. The molecule has 0 aliphatic carbocycles. The maximum atomic E-state index is 11.9. The van der Waals surface area contributed by atoms with Gasteiger partial charge in [0.1, 0.15) is 5.69 Å². The zero-order chi connectivity index (χ0) is 12.0. The molecule has 1 atom stereocenters. The summed E-state index contributed by atoms with van der Waals surface area (Å²) >= 11 is 3.38. The van der Waals surface area contributed by atoms with E-state index in [0.29, 0.717) is 5.69 Å². The van der Waals surface area contributed by atoms with E-state index >= 15 is 0 Å². The first-order chi connectivity index (χ1) is 7.69. The Bertz CT molecular complexity index is 355. The van der Waals surface area contributed by atoms with Gasteiger partial charge in [-0.2, -0.15) is 0 Å². The Morgan fingerprint density at radius 3 is 2.94 bits per heavy atom. The van der Waals surface area contributed by atoms with Crippen molar-refractivity contribution in [2.75, 3.05) is 5.33 Å². The predicted molar refractivity (Wildman–Crippen MR) is 68.9 cm³/mol. The summed E-state index contributed by atoms with van der Waals surface area (Å²) in [5.41, 5.74) is 1.43. The molecule has 0 aliphatic heterocycles. The first-order valence-electron chi connectivity index (χ1n) is 5.47. The number of nitrogens with one attached hydrogen (secondary N) is 1. The van der Waals surface area contributed by atoms with Crippen LogP contribution in [-0.4, -0.2) is 22.3 Å². The molecule has 1 unspecified atom stereocenters. The largest absolute Gasteiger partial charge is 0.348 e. The number of alkyl halides is 1. The highest BCUT2D eigenvalue weighted by molar-refractivity contribution is 9.09. The van der Waals surface area contributed by atoms with Crippen molar-refractivity contribution in [2.45, 2.75) is 32.7 Å². The third-order valence-electron chi connectivity index (χ3n) is 2.51. The summed E-state index contributed by atoms with van der Waals surface area (Å²) in [4.78, 5) is 16.0. The fourth-order valence-electron chi connectivity index (χ4n) is 1.49. The lowest BCUT2D eigenvalue weighted by molar-refractivity contribution is 0.0929. The summed E-state index contributed by atoms with van der Waals surface area (Å²) < 4.78 is 0. The molecule has 0 aliphatic rings. The average Bonchev–Trinajstić information content (AvgIpc) is 2.28. The van der Waals surface area contributed by atoms with Gasteiger partial charge in [-0.15, -0.1) is 0 Å². The molecule has 0 saturated carbocycles. The van der Waals surface area contributed by atoms with Crippen molar-refractivity contribution in [1.82, 2.24) is 10.3 Å². The summed E-state index contributed by atoms with van der Waals surface area (Å²) in [5.74, 6) is -0.0779. The fraction of sp³-hybridized carbons (Fsp3) is 0.500. The Morgan fingerprint density at radius 1 is 1.62 bits per heavy atom. The number of hydrogen-bond donors (Lipinski definition) is 1. The predicted octanol–water partition coefficient (Wildman–Crippen LogP) is 2.68. The summed E-state index contributed by atoms with van der Waals surface area (Å²) in [6.45, 7) is 3.96. The third-order valence-corrected chi connectivity index (χ3v) is 2.97. The normalized spacial score (nSPS) is 12.2. The number of hydrogen-bond acceptors (Lipinski definition) is 2. The Hall–Kier alpha value is -0.900. The first kappa shape index (κ1) is 13.2. The van der Waals surface area contributed by atoms with E-state index in [1.165, 1.54) is 0 Å². The molecule has 3 nitrogen and oxygen atoms in total. The molecule has 1 aromatic rings. The molecule has 0 saturated heterocycles. The minimum Gasteiger partial charge on any atom is -0.348 e. The molecule has 1 rings (SSSR count). The highest BCUT2D eigenvalue weighted by Gasteiger charge is 2.14. The van der Waals surface area contributed by atoms with Gasteiger partial charge in [0, 0.05) is 17.6 Å². The van der Waals surface area contributed by atoms with Gasteiger partial charge < -0.3 is 5.32 Å². The molecule has 4 heteroatoms. The van der Waals surface area contributed by atoms with Gasteiger partial charge in [-0.25, -0.2) is 0 Å². The monoisotopic (exact) mass is 284 g/mol. The van der Waals surface area contributed by atoms with E-state index in [1.54, 1.807) is 6.20 Å². The number of carbonyl (C=O) groups is 1. The van der Waals surface area contributed by atoms with Gasteiger partial charge in [0.2, 0.25) is 0 Å². The van der Waals surface area contributed by atoms with E-state index in [0.717, 1.165) is 23.7 Å². The maximum absolute atomic E-state index is 11.9. The van der Waals surface area contributed by atoms with E-state index in [-0.39, 0.29) is 11.9 Å². The summed E-state index contributed by atoms with van der Waals surface area (Å²) in [5, 5.41) is 3.89. The van der Waals surface area contributed by atoms with Gasteiger partial charge in [0.25, 0.3) is 5.91 Å². The van der Waals surface area contributed by atoms with Crippen LogP contribution >= 0.6 is 15.9 Å². The van der Waals surface area contributed by atoms with Gasteiger partial charge in [0.05, 0.1) is 0 Å². The van der Waals surface area contributed by atoms with Crippen LogP contribution in [0.1, 0.15) is 35.8 Å². The average molecular weight is 285 g/mol. The van der Waals surface area contributed by atoms with Crippen LogP contribution in [0.2, 0.25) is 0 Å².